The van der Waals surface area contributed by atoms with E-state index in [0.717, 1.165) is 37.4 Å². The molecule has 1 rings (SSSR count). The third kappa shape index (κ3) is 4.04. The Morgan fingerprint density at radius 1 is 1.17 bits per heavy atom. The number of amides is 2. The van der Waals surface area contributed by atoms with Crippen LogP contribution in [0.2, 0.25) is 0 Å². The molecule has 0 saturated carbocycles. The Bertz CT molecular complexity index is 375. The van der Waals surface area contributed by atoms with Crippen molar-refractivity contribution in [3.05, 3.63) is 29.8 Å². The van der Waals surface area contributed by atoms with Crippen LogP contribution in [0.25, 0.3) is 0 Å². The summed E-state index contributed by atoms with van der Waals surface area (Å²) in [5.74, 6) is 0. The van der Waals surface area contributed by atoms with Gasteiger partial charge < -0.3 is 15.5 Å². The zero-order valence-corrected chi connectivity index (χ0v) is 11.5. The molecule has 0 fully saturated rings. The highest BCUT2D eigenvalue weighted by molar-refractivity contribution is 5.90. The number of nitrogens with zero attached hydrogens (tertiary/aromatic N) is 1. The van der Waals surface area contributed by atoms with Gasteiger partial charge in [-0.25, -0.2) is 4.79 Å². The van der Waals surface area contributed by atoms with Crippen LogP contribution in [0.15, 0.2) is 24.3 Å². The van der Waals surface area contributed by atoms with Gasteiger partial charge in [0.25, 0.3) is 0 Å². The van der Waals surface area contributed by atoms with Crippen LogP contribution in [-0.4, -0.2) is 30.6 Å². The largest absolute Gasteiger partial charge is 0.325 e. The smallest absolute Gasteiger partial charge is 0.321 e. The SMILES string of the molecule is CCNCc1ccccc1NC(=O)N(CC)CC. The van der Waals surface area contributed by atoms with E-state index in [2.05, 4.69) is 17.6 Å². The topological polar surface area (TPSA) is 44.4 Å². The van der Waals surface area contributed by atoms with Crippen LogP contribution < -0.4 is 10.6 Å². The second-order valence-electron chi connectivity index (χ2n) is 4.04. The van der Waals surface area contributed by atoms with E-state index in [-0.39, 0.29) is 6.03 Å². The number of nitrogens with one attached hydrogen (secondary N) is 2. The number of carbonyl (C=O) groups is 1. The first-order valence-electron chi connectivity index (χ1n) is 6.57. The first kappa shape index (κ1) is 14.5. The van der Waals surface area contributed by atoms with E-state index in [0.29, 0.717) is 0 Å². The van der Waals surface area contributed by atoms with Gasteiger partial charge in [-0.1, -0.05) is 25.1 Å². The molecule has 4 nitrogen and oxygen atoms in total. The molecule has 2 amide bonds. The third-order valence-electron chi connectivity index (χ3n) is 2.88. The summed E-state index contributed by atoms with van der Waals surface area (Å²) in [4.78, 5) is 13.8. The van der Waals surface area contributed by atoms with E-state index in [1.165, 1.54) is 0 Å². The summed E-state index contributed by atoms with van der Waals surface area (Å²) in [6, 6.07) is 7.85. The summed E-state index contributed by atoms with van der Waals surface area (Å²) >= 11 is 0. The fourth-order valence-electron chi connectivity index (χ4n) is 1.76. The van der Waals surface area contributed by atoms with Gasteiger partial charge in [0.05, 0.1) is 0 Å². The monoisotopic (exact) mass is 249 g/mol. The molecule has 0 atom stereocenters. The van der Waals surface area contributed by atoms with Crippen molar-refractivity contribution in [3.8, 4) is 0 Å². The molecule has 0 aliphatic rings. The molecule has 0 bridgehead atoms. The molecule has 100 valence electrons. The van der Waals surface area contributed by atoms with Gasteiger partial charge in [0, 0.05) is 25.3 Å². The second-order valence-corrected chi connectivity index (χ2v) is 4.04. The highest BCUT2D eigenvalue weighted by Crippen LogP contribution is 2.15. The molecule has 1 aromatic rings. The highest BCUT2D eigenvalue weighted by Gasteiger charge is 2.11. The summed E-state index contributed by atoms with van der Waals surface area (Å²) in [6.07, 6.45) is 0. The van der Waals surface area contributed by atoms with E-state index in [1.54, 1.807) is 4.90 Å². The fraction of sp³-hybridized carbons (Fsp3) is 0.500. The van der Waals surface area contributed by atoms with Crippen LogP contribution in [0.1, 0.15) is 26.3 Å². The summed E-state index contributed by atoms with van der Waals surface area (Å²) in [5.41, 5.74) is 2.00. The molecule has 0 saturated heterocycles. The molecule has 2 N–H and O–H groups in total. The molecule has 0 heterocycles. The normalized spacial score (nSPS) is 10.2. The Hall–Kier alpha value is -1.55. The molecule has 0 spiro atoms. The van der Waals surface area contributed by atoms with E-state index in [9.17, 15) is 4.79 Å². The third-order valence-corrected chi connectivity index (χ3v) is 2.88. The van der Waals surface area contributed by atoms with Crippen molar-refractivity contribution in [1.29, 1.82) is 0 Å². The van der Waals surface area contributed by atoms with Crippen LogP contribution in [0, 0.1) is 0 Å². The maximum Gasteiger partial charge on any atom is 0.321 e. The number of para-hydroxylation sites is 1. The lowest BCUT2D eigenvalue weighted by Gasteiger charge is -2.20. The van der Waals surface area contributed by atoms with Crippen molar-refractivity contribution in [1.82, 2.24) is 10.2 Å². The van der Waals surface area contributed by atoms with Gasteiger partial charge in [0.2, 0.25) is 0 Å². The van der Waals surface area contributed by atoms with Crippen molar-refractivity contribution in [3.63, 3.8) is 0 Å². The lowest BCUT2D eigenvalue weighted by Crippen LogP contribution is -2.34. The van der Waals surface area contributed by atoms with Crippen molar-refractivity contribution in [2.24, 2.45) is 0 Å². The van der Waals surface area contributed by atoms with Gasteiger partial charge in [0.1, 0.15) is 0 Å². The Morgan fingerprint density at radius 3 is 2.44 bits per heavy atom. The molecule has 0 aromatic heterocycles. The Morgan fingerprint density at radius 2 is 1.83 bits per heavy atom. The lowest BCUT2D eigenvalue weighted by atomic mass is 10.2. The Labute approximate surface area is 109 Å². The number of rotatable bonds is 6. The van der Waals surface area contributed by atoms with Gasteiger partial charge in [0.15, 0.2) is 0 Å². The summed E-state index contributed by atoms with van der Waals surface area (Å²) in [6.45, 7) is 9.15. The quantitative estimate of drug-likeness (QED) is 0.814. The summed E-state index contributed by atoms with van der Waals surface area (Å²) in [5, 5.41) is 6.24. The Balaban J connectivity index is 2.73. The zero-order chi connectivity index (χ0) is 13.4. The standard InChI is InChI=1S/C14H23N3O/c1-4-15-11-12-9-7-8-10-13(12)16-14(18)17(5-2)6-3/h7-10,15H,4-6,11H2,1-3H3,(H,16,18). The van der Waals surface area contributed by atoms with E-state index >= 15 is 0 Å². The van der Waals surface area contributed by atoms with Gasteiger partial charge >= 0.3 is 6.03 Å². The molecule has 1 aromatic carbocycles. The molecular formula is C14H23N3O. The van der Waals surface area contributed by atoms with Crippen molar-refractivity contribution < 1.29 is 4.79 Å². The summed E-state index contributed by atoms with van der Waals surface area (Å²) < 4.78 is 0. The zero-order valence-electron chi connectivity index (χ0n) is 11.5. The molecule has 0 aliphatic carbocycles. The fourth-order valence-corrected chi connectivity index (χ4v) is 1.76. The first-order valence-corrected chi connectivity index (χ1v) is 6.57. The lowest BCUT2D eigenvalue weighted by molar-refractivity contribution is 0.217. The van der Waals surface area contributed by atoms with Crippen LogP contribution >= 0.6 is 0 Å². The van der Waals surface area contributed by atoms with E-state index in [1.807, 2.05) is 38.1 Å². The predicted molar refractivity (Wildman–Crippen MR) is 75.8 cm³/mol. The second kappa shape index (κ2) is 7.71. The van der Waals surface area contributed by atoms with E-state index in [4.69, 9.17) is 0 Å². The van der Waals surface area contributed by atoms with Gasteiger partial charge in [-0.3, -0.25) is 0 Å². The van der Waals surface area contributed by atoms with E-state index < -0.39 is 0 Å². The number of hydrogen-bond acceptors (Lipinski definition) is 2. The number of anilines is 1. The van der Waals surface area contributed by atoms with Crippen LogP contribution in [0.3, 0.4) is 0 Å². The molecule has 0 aliphatic heterocycles. The molecule has 0 radical (unpaired) electrons. The van der Waals surface area contributed by atoms with Crippen molar-refractivity contribution in [2.75, 3.05) is 25.0 Å². The minimum absolute atomic E-state index is 0.0380. The van der Waals surface area contributed by atoms with Crippen LogP contribution in [0.5, 0.6) is 0 Å². The number of urea groups is 1. The van der Waals surface area contributed by atoms with Crippen molar-refractivity contribution in [2.45, 2.75) is 27.3 Å². The molecular weight excluding hydrogens is 226 g/mol. The number of benzene rings is 1. The minimum Gasteiger partial charge on any atom is -0.325 e. The summed E-state index contributed by atoms with van der Waals surface area (Å²) in [7, 11) is 0. The Kier molecular flexibility index (Phi) is 6.22. The van der Waals surface area contributed by atoms with Gasteiger partial charge in [-0.15, -0.1) is 0 Å². The maximum absolute atomic E-state index is 12.0. The number of hydrogen-bond donors (Lipinski definition) is 2. The van der Waals surface area contributed by atoms with Gasteiger partial charge in [-0.2, -0.15) is 0 Å². The maximum atomic E-state index is 12.0. The van der Waals surface area contributed by atoms with Crippen LogP contribution in [0.4, 0.5) is 10.5 Å². The molecule has 0 unspecified atom stereocenters. The first-order chi connectivity index (χ1) is 8.72. The molecule has 4 heteroatoms. The average Bonchev–Trinajstić information content (AvgIpc) is 2.39. The average molecular weight is 249 g/mol. The molecule has 18 heavy (non-hydrogen) atoms. The predicted octanol–water partition coefficient (Wildman–Crippen LogP) is 2.67. The van der Waals surface area contributed by atoms with Crippen molar-refractivity contribution >= 4 is 11.7 Å². The number of carbonyl (C=O) groups excluding carboxylic acids is 1. The highest BCUT2D eigenvalue weighted by atomic mass is 16.2. The minimum atomic E-state index is -0.0380. The van der Waals surface area contributed by atoms with Crippen LogP contribution in [-0.2, 0) is 6.54 Å². The van der Waals surface area contributed by atoms with Gasteiger partial charge in [-0.05, 0) is 32.0 Å².